The van der Waals surface area contributed by atoms with E-state index in [1.54, 1.807) is 44.2 Å². The molecular weight excluding hydrogens is 383 g/mol. The van der Waals surface area contributed by atoms with Gasteiger partial charge in [-0.2, -0.15) is 4.72 Å². The predicted octanol–water partition coefficient (Wildman–Crippen LogP) is 3.94. The molecule has 5 nitrogen and oxygen atoms in total. The normalized spacial score (nSPS) is 12.8. The molecule has 1 atom stereocenters. The number of carbonyl (C=O) groups excluding carboxylic acids is 1. The summed E-state index contributed by atoms with van der Waals surface area (Å²) < 4.78 is 27.4. The molecule has 2 rings (SSSR count). The highest BCUT2D eigenvalue weighted by atomic mass is 35.5. The molecule has 1 amide bonds. The first-order valence-electron chi connectivity index (χ1n) is 7.54. The quantitative estimate of drug-likeness (QED) is 0.770. The standard InChI is InChI=1S/C17H18Cl2N2O3S/c1-11(2)16(21-25(23,24)13-6-4-3-5-7-13)17(22)20-12-8-9-14(18)15(19)10-12/h3-11,16,21H,1-2H3,(H,20,22)/t16-/m0/s1. The summed E-state index contributed by atoms with van der Waals surface area (Å²) in [5, 5.41) is 3.32. The number of hydrogen-bond donors (Lipinski definition) is 2. The lowest BCUT2D eigenvalue weighted by molar-refractivity contribution is -0.118. The minimum Gasteiger partial charge on any atom is -0.325 e. The Morgan fingerprint density at radius 3 is 2.20 bits per heavy atom. The number of anilines is 1. The number of amides is 1. The molecule has 0 fully saturated rings. The van der Waals surface area contributed by atoms with Crippen LogP contribution in [0.3, 0.4) is 0 Å². The number of hydrogen-bond acceptors (Lipinski definition) is 3. The first kappa shape index (κ1) is 19.7. The van der Waals surface area contributed by atoms with Gasteiger partial charge in [0.25, 0.3) is 0 Å². The Bertz CT molecular complexity index is 855. The van der Waals surface area contributed by atoms with Gasteiger partial charge in [0, 0.05) is 5.69 Å². The molecular formula is C17H18Cl2N2O3S. The second-order valence-corrected chi connectivity index (χ2v) is 8.30. The minimum absolute atomic E-state index is 0.1000. The van der Waals surface area contributed by atoms with E-state index in [4.69, 9.17) is 23.2 Å². The van der Waals surface area contributed by atoms with Gasteiger partial charge in [0.2, 0.25) is 15.9 Å². The highest BCUT2D eigenvalue weighted by molar-refractivity contribution is 7.89. The zero-order valence-corrected chi connectivity index (χ0v) is 16.0. The van der Waals surface area contributed by atoms with Gasteiger partial charge in [-0.15, -0.1) is 0 Å². The number of nitrogens with one attached hydrogen (secondary N) is 2. The van der Waals surface area contributed by atoms with Crippen molar-refractivity contribution in [3.05, 3.63) is 58.6 Å². The molecule has 2 aromatic carbocycles. The zero-order valence-electron chi connectivity index (χ0n) is 13.7. The largest absolute Gasteiger partial charge is 0.325 e. The molecule has 0 aliphatic carbocycles. The fraction of sp³-hybridized carbons (Fsp3) is 0.235. The third kappa shape index (κ3) is 5.19. The van der Waals surface area contributed by atoms with Crippen molar-refractivity contribution < 1.29 is 13.2 Å². The molecule has 0 aromatic heterocycles. The predicted molar refractivity (Wildman–Crippen MR) is 100 cm³/mol. The summed E-state index contributed by atoms with van der Waals surface area (Å²) >= 11 is 11.8. The fourth-order valence-corrected chi connectivity index (χ4v) is 3.78. The van der Waals surface area contributed by atoms with Crippen molar-refractivity contribution in [2.75, 3.05) is 5.32 Å². The van der Waals surface area contributed by atoms with Crippen LogP contribution in [0.2, 0.25) is 10.0 Å². The Balaban J connectivity index is 2.20. The molecule has 0 aliphatic heterocycles. The maximum absolute atomic E-state index is 12.5. The summed E-state index contributed by atoms with van der Waals surface area (Å²) in [6, 6.07) is 11.6. The van der Waals surface area contributed by atoms with Crippen molar-refractivity contribution >= 4 is 44.8 Å². The smallest absolute Gasteiger partial charge is 0.242 e. The topological polar surface area (TPSA) is 75.3 Å². The number of halogens is 2. The third-order valence-corrected chi connectivity index (χ3v) is 5.67. The molecule has 0 saturated heterocycles. The molecule has 0 heterocycles. The van der Waals surface area contributed by atoms with Gasteiger partial charge in [0.1, 0.15) is 6.04 Å². The van der Waals surface area contributed by atoms with Crippen LogP contribution in [-0.2, 0) is 14.8 Å². The van der Waals surface area contributed by atoms with Crippen LogP contribution < -0.4 is 10.0 Å². The number of benzene rings is 2. The number of rotatable bonds is 6. The highest BCUT2D eigenvalue weighted by Gasteiger charge is 2.28. The van der Waals surface area contributed by atoms with Crippen LogP contribution >= 0.6 is 23.2 Å². The van der Waals surface area contributed by atoms with Gasteiger partial charge >= 0.3 is 0 Å². The number of sulfonamides is 1. The Morgan fingerprint density at radius 1 is 1.00 bits per heavy atom. The Morgan fingerprint density at radius 2 is 1.64 bits per heavy atom. The van der Waals surface area contributed by atoms with Crippen LogP contribution in [0.5, 0.6) is 0 Å². The van der Waals surface area contributed by atoms with E-state index in [0.717, 1.165) is 0 Å². The van der Waals surface area contributed by atoms with Crippen LogP contribution in [0.1, 0.15) is 13.8 Å². The fourth-order valence-electron chi connectivity index (χ4n) is 2.12. The molecule has 2 N–H and O–H groups in total. The monoisotopic (exact) mass is 400 g/mol. The van der Waals surface area contributed by atoms with Crippen LogP contribution in [0.25, 0.3) is 0 Å². The van der Waals surface area contributed by atoms with E-state index in [9.17, 15) is 13.2 Å². The van der Waals surface area contributed by atoms with Crippen LogP contribution in [0.15, 0.2) is 53.4 Å². The van der Waals surface area contributed by atoms with Gasteiger partial charge in [-0.05, 0) is 36.2 Å². The Kier molecular flexibility index (Phi) is 6.46. The van der Waals surface area contributed by atoms with E-state index in [1.807, 2.05) is 0 Å². The Labute approximate surface area is 157 Å². The van der Waals surface area contributed by atoms with Gasteiger partial charge in [0.15, 0.2) is 0 Å². The maximum atomic E-state index is 12.5. The van der Waals surface area contributed by atoms with Crippen LogP contribution in [0, 0.1) is 5.92 Å². The second-order valence-electron chi connectivity index (χ2n) is 5.77. The summed E-state index contributed by atoms with van der Waals surface area (Å²) in [4.78, 5) is 12.6. The molecule has 134 valence electrons. The highest BCUT2D eigenvalue weighted by Crippen LogP contribution is 2.25. The van der Waals surface area contributed by atoms with E-state index in [0.29, 0.717) is 15.7 Å². The second kappa shape index (κ2) is 8.19. The maximum Gasteiger partial charge on any atom is 0.242 e. The molecule has 0 bridgehead atoms. The molecule has 25 heavy (non-hydrogen) atoms. The van der Waals surface area contributed by atoms with E-state index < -0.39 is 22.0 Å². The molecule has 0 spiro atoms. The lowest BCUT2D eigenvalue weighted by Gasteiger charge is -2.21. The van der Waals surface area contributed by atoms with Crippen molar-refractivity contribution in [3.63, 3.8) is 0 Å². The average molecular weight is 401 g/mol. The van der Waals surface area contributed by atoms with Crippen LogP contribution in [0.4, 0.5) is 5.69 Å². The molecule has 8 heteroatoms. The van der Waals surface area contributed by atoms with Crippen LogP contribution in [-0.4, -0.2) is 20.4 Å². The van der Waals surface area contributed by atoms with E-state index in [2.05, 4.69) is 10.0 Å². The van der Waals surface area contributed by atoms with Crippen molar-refractivity contribution in [1.82, 2.24) is 4.72 Å². The first-order chi connectivity index (χ1) is 11.7. The average Bonchev–Trinajstić information content (AvgIpc) is 2.56. The van der Waals surface area contributed by atoms with Gasteiger partial charge in [-0.3, -0.25) is 4.79 Å². The van der Waals surface area contributed by atoms with E-state index in [-0.39, 0.29) is 10.8 Å². The summed E-state index contributed by atoms with van der Waals surface area (Å²) in [5.74, 6) is -0.742. The van der Waals surface area contributed by atoms with Crippen molar-refractivity contribution in [2.45, 2.75) is 24.8 Å². The summed E-state index contributed by atoms with van der Waals surface area (Å²) in [6.07, 6.45) is 0. The SMILES string of the molecule is CC(C)[C@H](NS(=O)(=O)c1ccccc1)C(=O)Nc1ccc(Cl)c(Cl)c1. The molecule has 2 aromatic rings. The van der Waals surface area contributed by atoms with E-state index in [1.165, 1.54) is 18.2 Å². The van der Waals surface area contributed by atoms with E-state index >= 15 is 0 Å². The van der Waals surface area contributed by atoms with Crippen molar-refractivity contribution in [1.29, 1.82) is 0 Å². The minimum atomic E-state index is -3.81. The summed E-state index contributed by atoms with van der Waals surface area (Å²) in [7, 11) is -3.81. The zero-order chi connectivity index (χ0) is 18.6. The summed E-state index contributed by atoms with van der Waals surface area (Å²) in [6.45, 7) is 3.51. The van der Waals surface area contributed by atoms with Gasteiger partial charge < -0.3 is 5.32 Å². The van der Waals surface area contributed by atoms with Gasteiger partial charge in [-0.25, -0.2) is 8.42 Å². The van der Waals surface area contributed by atoms with Gasteiger partial charge in [-0.1, -0.05) is 55.2 Å². The van der Waals surface area contributed by atoms with Gasteiger partial charge in [0.05, 0.1) is 14.9 Å². The molecule has 0 radical (unpaired) electrons. The molecule has 0 aliphatic rings. The third-order valence-electron chi connectivity index (χ3n) is 3.47. The number of carbonyl (C=O) groups is 1. The first-order valence-corrected chi connectivity index (χ1v) is 9.78. The lowest BCUT2D eigenvalue weighted by atomic mass is 10.0. The van der Waals surface area contributed by atoms with Crippen molar-refractivity contribution in [2.24, 2.45) is 5.92 Å². The molecule has 0 saturated carbocycles. The lowest BCUT2D eigenvalue weighted by Crippen LogP contribution is -2.47. The summed E-state index contributed by atoms with van der Waals surface area (Å²) in [5.41, 5.74) is 0.434. The van der Waals surface area contributed by atoms with Crippen molar-refractivity contribution in [3.8, 4) is 0 Å². The Hall–Kier alpha value is -1.60. The molecule has 0 unspecified atom stereocenters.